The average molecular weight is 172 g/mol. The number of hydrogen-bond acceptors (Lipinski definition) is 3. The van der Waals surface area contributed by atoms with Crippen molar-refractivity contribution >= 4 is 0 Å². The lowest BCUT2D eigenvalue weighted by Gasteiger charge is -2.16. The van der Waals surface area contributed by atoms with Crippen molar-refractivity contribution in [3.05, 3.63) is 23.9 Å². The molecular weight excluding hydrogens is 159 g/mol. The van der Waals surface area contributed by atoms with Gasteiger partial charge in [0, 0.05) is 13.1 Å². The Morgan fingerprint density at radius 2 is 2.50 bits per heavy atom. The third-order valence-corrected chi connectivity index (χ3v) is 1.59. The summed E-state index contributed by atoms with van der Waals surface area (Å²) in [5.74, 6) is 0. The van der Waals surface area contributed by atoms with Crippen molar-refractivity contribution in [1.29, 1.82) is 0 Å². The number of allylic oxidation sites excluding steroid dienone is 2. The summed E-state index contributed by atoms with van der Waals surface area (Å²) in [6.07, 6.45) is 3.96. The van der Waals surface area contributed by atoms with Crippen LogP contribution in [-0.4, -0.2) is 31.1 Å². The molecule has 4 heteroatoms. The van der Waals surface area contributed by atoms with E-state index in [9.17, 15) is 4.39 Å². The first-order chi connectivity index (χ1) is 5.84. The molecule has 0 aromatic heterocycles. The summed E-state index contributed by atoms with van der Waals surface area (Å²) < 4.78 is 12.9. The first kappa shape index (κ1) is 9.22. The van der Waals surface area contributed by atoms with Crippen molar-refractivity contribution in [3.63, 3.8) is 0 Å². The maximum absolute atomic E-state index is 12.9. The number of halogens is 1. The molecule has 1 heterocycles. The second-order valence-corrected chi connectivity index (χ2v) is 2.53. The molecule has 0 saturated carbocycles. The predicted molar refractivity (Wildman–Crippen MR) is 45.2 cm³/mol. The highest BCUT2D eigenvalue weighted by atomic mass is 19.1. The lowest BCUT2D eigenvalue weighted by atomic mass is 10.2. The highest BCUT2D eigenvalue weighted by Crippen LogP contribution is 2.06. The van der Waals surface area contributed by atoms with Crippen LogP contribution in [0, 0.1) is 0 Å². The van der Waals surface area contributed by atoms with Crippen LogP contribution in [0.4, 0.5) is 4.39 Å². The van der Waals surface area contributed by atoms with Gasteiger partial charge in [-0.3, -0.25) is 0 Å². The summed E-state index contributed by atoms with van der Waals surface area (Å²) in [5.41, 5.74) is 0.658. The topological polar surface area (TPSA) is 44.3 Å². The Bertz CT molecular complexity index is 191. The van der Waals surface area contributed by atoms with Crippen molar-refractivity contribution in [1.82, 2.24) is 10.6 Å². The summed E-state index contributed by atoms with van der Waals surface area (Å²) in [7, 11) is 0. The third kappa shape index (κ3) is 2.64. The Kier molecular flexibility index (Phi) is 3.76. The van der Waals surface area contributed by atoms with Crippen LogP contribution >= 0.6 is 0 Å². The third-order valence-electron chi connectivity index (χ3n) is 1.59. The van der Waals surface area contributed by atoms with Crippen LogP contribution in [0.15, 0.2) is 23.9 Å². The molecule has 0 amide bonds. The van der Waals surface area contributed by atoms with E-state index in [0.717, 1.165) is 0 Å². The predicted octanol–water partition coefficient (Wildman–Crippen LogP) is -0.0928. The van der Waals surface area contributed by atoms with Crippen molar-refractivity contribution < 1.29 is 9.50 Å². The van der Waals surface area contributed by atoms with E-state index in [0.29, 0.717) is 18.7 Å². The normalized spacial score (nSPS) is 21.8. The summed E-state index contributed by atoms with van der Waals surface area (Å²) >= 11 is 0. The molecular formula is C8H13FN2O. The zero-order valence-electron chi connectivity index (χ0n) is 6.76. The number of hydrogen-bond donors (Lipinski definition) is 3. The number of nitrogens with one attached hydrogen (secondary N) is 2. The van der Waals surface area contributed by atoms with E-state index in [1.807, 2.05) is 0 Å². The van der Waals surface area contributed by atoms with Crippen molar-refractivity contribution in [2.75, 3.05) is 19.7 Å². The Morgan fingerprint density at radius 1 is 1.67 bits per heavy atom. The number of aliphatic hydroxyl groups is 1. The van der Waals surface area contributed by atoms with Crippen LogP contribution in [0.1, 0.15) is 0 Å². The molecule has 0 aromatic rings. The molecule has 1 rings (SSSR count). The molecule has 1 unspecified atom stereocenters. The van der Waals surface area contributed by atoms with Gasteiger partial charge in [-0.05, 0) is 17.8 Å². The van der Waals surface area contributed by atoms with Crippen LogP contribution < -0.4 is 10.6 Å². The maximum atomic E-state index is 12.9. The minimum Gasteiger partial charge on any atom is -0.395 e. The highest BCUT2D eigenvalue weighted by molar-refractivity contribution is 5.21. The van der Waals surface area contributed by atoms with E-state index in [1.54, 1.807) is 18.4 Å². The molecule has 12 heavy (non-hydrogen) atoms. The monoisotopic (exact) mass is 172 g/mol. The molecule has 0 spiro atoms. The van der Waals surface area contributed by atoms with Crippen molar-refractivity contribution in [2.45, 2.75) is 6.30 Å². The van der Waals surface area contributed by atoms with E-state index < -0.39 is 6.30 Å². The van der Waals surface area contributed by atoms with Gasteiger partial charge in [-0.15, -0.1) is 0 Å². The number of rotatable bonds is 4. The minimum absolute atomic E-state index is 0.0769. The van der Waals surface area contributed by atoms with Gasteiger partial charge in [0.2, 0.25) is 0 Å². The fourth-order valence-electron chi connectivity index (χ4n) is 0.964. The fraction of sp³-hybridized carbons (Fsp3) is 0.500. The van der Waals surface area contributed by atoms with Crippen LogP contribution in [0.25, 0.3) is 0 Å². The first-order valence-corrected chi connectivity index (χ1v) is 3.92. The molecule has 68 valence electrons. The zero-order valence-corrected chi connectivity index (χ0v) is 6.76. The van der Waals surface area contributed by atoms with E-state index >= 15 is 0 Å². The van der Waals surface area contributed by atoms with Gasteiger partial charge in [0.05, 0.1) is 6.61 Å². The van der Waals surface area contributed by atoms with Gasteiger partial charge in [0.1, 0.15) is 0 Å². The second-order valence-electron chi connectivity index (χ2n) is 2.53. The van der Waals surface area contributed by atoms with Gasteiger partial charge in [0.25, 0.3) is 0 Å². The average Bonchev–Trinajstić information content (AvgIpc) is 2.09. The molecule has 3 N–H and O–H groups in total. The van der Waals surface area contributed by atoms with Gasteiger partial charge >= 0.3 is 0 Å². The minimum atomic E-state index is -1.10. The Morgan fingerprint density at radius 3 is 3.17 bits per heavy atom. The number of dihydropyridines is 1. The molecule has 0 radical (unpaired) electrons. The molecule has 1 atom stereocenters. The maximum Gasteiger partial charge on any atom is 0.193 e. The van der Waals surface area contributed by atoms with Crippen LogP contribution in [-0.2, 0) is 0 Å². The SMILES string of the molecule is OCCNCC1=CC=CNC1F. The van der Waals surface area contributed by atoms with Crippen LogP contribution in [0.2, 0.25) is 0 Å². The van der Waals surface area contributed by atoms with Crippen molar-refractivity contribution in [2.24, 2.45) is 0 Å². The molecule has 1 aliphatic rings. The van der Waals surface area contributed by atoms with Gasteiger partial charge in [-0.2, -0.15) is 0 Å². The molecule has 0 fully saturated rings. The zero-order chi connectivity index (χ0) is 8.81. The Balaban J connectivity index is 2.29. The summed E-state index contributed by atoms with van der Waals surface area (Å²) in [6.45, 7) is 1.04. The molecule has 0 bridgehead atoms. The smallest absolute Gasteiger partial charge is 0.193 e. The van der Waals surface area contributed by atoms with E-state index in [4.69, 9.17) is 5.11 Å². The highest BCUT2D eigenvalue weighted by Gasteiger charge is 2.11. The molecule has 3 nitrogen and oxygen atoms in total. The molecule has 0 aromatic carbocycles. The van der Waals surface area contributed by atoms with Gasteiger partial charge in [-0.1, -0.05) is 6.08 Å². The van der Waals surface area contributed by atoms with Crippen LogP contribution in [0.5, 0.6) is 0 Å². The molecule has 0 aliphatic carbocycles. The van der Waals surface area contributed by atoms with Gasteiger partial charge in [0.15, 0.2) is 6.30 Å². The van der Waals surface area contributed by atoms with Gasteiger partial charge in [-0.25, -0.2) is 4.39 Å². The number of alkyl halides is 1. The fourth-order valence-corrected chi connectivity index (χ4v) is 0.964. The molecule has 0 saturated heterocycles. The van der Waals surface area contributed by atoms with Gasteiger partial charge < -0.3 is 15.7 Å². The Hall–Kier alpha value is -0.870. The lowest BCUT2D eigenvalue weighted by molar-refractivity contribution is 0.290. The molecule has 1 aliphatic heterocycles. The quantitative estimate of drug-likeness (QED) is 0.410. The second kappa shape index (κ2) is 4.90. The largest absolute Gasteiger partial charge is 0.395 e. The van der Waals surface area contributed by atoms with Crippen LogP contribution in [0.3, 0.4) is 0 Å². The van der Waals surface area contributed by atoms with E-state index in [2.05, 4.69) is 10.6 Å². The lowest BCUT2D eigenvalue weighted by Crippen LogP contribution is -2.31. The van der Waals surface area contributed by atoms with E-state index in [-0.39, 0.29) is 6.61 Å². The summed E-state index contributed by atoms with van der Waals surface area (Å²) in [6, 6.07) is 0. The summed E-state index contributed by atoms with van der Waals surface area (Å²) in [4.78, 5) is 0. The first-order valence-electron chi connectivity index (χ1n) is 3.92. The number of aliphatic hydroxyl groups excluding tert-OH is 1. The van der Waals surface area contributed by atoms with Crippen molar-refractivity contribution in [3.8, 4) is 0 Å². The van der Waals surface area contributed by atoms with E-state index in [1.165, 1.54) is 0 Å². The standard InChI is InChI=1S/C8H13FN2O/c9-8-7(2-1-3-11-8)6-10-4-5-12/h1-3,8,10-12H,4-6H2. The summed E-state index contributed by atoms with van der Waals surface area (Å²) in [5, 5.41) is 13.9. The Labute approximate surface area is 71.0 Å².